The SMILES string of the molecule is Cn1nc(N2CCN(C(=O)C3CC3)CC2)c(=O)n(C)c1=O. The average molecular weight is 293 g/mol. The summed E-state index contributed by atoms with van der Waals surface area (Å²) >= 11 is 0. The molecule has 0 bridgehead atoms. The van der Waals surface area contributed by atoms with Crippen molar-refractivity contribution in [3.63, 3.8) is 0 Å². The second-order valence-electron chi connectivity index (χ2n) is 5.68. The van der Waals surface area contributed by atoms with E-state index >= 15 is 0 Å². The Morgan fingerprint density at radius 2 is 1.71 bits per heavy atom. The molecule has 1 aliphatic heterocycles. The molecule has 0 N–H and O–H groups in total. The molecule has 0 spiro atoms. The Balaban J connectivity index is 1.76. The van der Waals surface area contributed by atoms with Crippen molar-refractivity contribution < 1.29 is 4.79 Å². The lowest BCUT2D eigenvalue weighted by atomic mass is 10.2. The van der Waals surface area contributed by atoms with E-state index < -0.39 is 5.69 Å². The molecule has 2 aliphatic rings. The number of carbonyl (C=O) groups is 1. The van der Waals surface area contributed by atoms with Crippen molar-refractivity contribution in [3.8, 4) is 0 Å². The van der Waals surface area contributed by atoms with Gasteiger partial charge in [0.25, 0.3) is 5.56 Å². The van der Waals surface area contributed by atoms with Crippen molar-refractivity contribution in [3.05, 3.63) is 20.8 Å². The zero-order chi connectivity index (χ0) is 15.1. The summed E-state index contributed by atoms with van der Waals surface area (Å²) in [5.41, 5.74) is -0.827. The maximum Gasteiger partial charge on any atom is 0.346 e. The van der Waals surface area contributed by atoms with Crippen LogP contribution in [0, 0.1) is 5.92 Å². The monoisotopic (exact) mass is 293 g/mol. The van der Waals surface area contributed by atoms with Gasteiger partial charge in [-0.15, -0.1) is 5.10 Å². The average Bonchev–Trinajstić information content (AvgIpc) is 3.33. The van der Waals surface area contributed by atoms with Crippen LogP contribution in [0.2, 0.25) is 0 Å². The quantitative estimate of drug-likeness (QED) is 0.665. The molecule has 0 aromatic carbocycles. The van der Waals surface area contributed by atoms with Gasteiger partial charge in [0.15, 0.2) is 0 Å². The minimum atomic E-state index is -0.439. The largest absolute Gasteiger partial charge is 0.347 e. The topological polar surface area (TPSA) is 80.4 Å². The van der Waals surface area contributed by atoms with Crippen molar-refractivity contribution in [2.45, 2.75) is 12.8 Å². The summed E-state index contributed by atoms with van der Waals surface area (Å²) in [6.45, 7) is 2.34. The summed E-state index contributed by atoms with van der Waals surface area (Å²) in [6, 6.07) is 0. The predicted molar refractivity (Wildman–Crippen MR) is 76.2 cm³/mol. The molecule has 0 unspecified atom stereocenters. The van der Waals surface area contributed by atoms with Gasteiger partial charge in [0, 0.05) is 46.2 Å². The molecule has 2 fully saturated rings. The van der Waals surface area contributed by atoms with Crippen LogP contribution in [-0.4, -0.2) is 51.3 Å². The minimum absolute atomic E-state index is 0.222. The zero-order valence-corrected chi connectivity index (χ0v) is 12.3. The fraction of sp³-hybridized carbons (Fsp3) is 0.692. The second kappa shape index (κ2) is 5.01. The Hall–Kier alpha value is -2.12. The molecule has 1 aromatic rings. The van der Waals surface area contributed by atoms with Crippen molar-refractivity contribution >= 4 is 11.7 Å². The van der Waals surface area contributed by atoms with Gasteiger partial charge in [0.05, 0.1) is 0 Å². The van der Waals surface area contributed by atoms with E-state index in [1.807, 2.05) is 9.80 Å². The lowest BCUT2D eigenvalue weighted by Crippen LogP contribution is -2.52. The van der Waals surface area contributed by atoms with E-state index in [1.165, 1.54) is 18.8 Å². The van der Waals surface area contributed by atoms with Gasteiger partial charge in [0.2, 0.25) is 11.7 Å². The van der Waals surface area contributed by atoms with E-state index in [2.05, 4.69) is 5.10 Å². The number of carbonyl (C=O) groups excluding carboxylic acids is 1. The molecule has 1 saturated carbocycles. The minimum Gasteiger partial charge on any atom is -0.347 e. The molecule has 1 aromatic heterocycles. The summed E-state index contributed by atoms with van der Waals surface area (Å²) in [5.74, 6) is 0.731. The van der Waals surface area contributed by atoms with E-state index in [0.29, 0.717) is 26.2 Å². The Labute approximate surface area is 121 Å². The number of nitrogens with zero attached hydrogens (tertiary/aromatic N) is 5. The van der Waals surface area contributed by atoms with Gasteiger partial charge in [-0.1, -0.05) is 0 Å². The highest BCUT2D eigenvalue weighted by atomic mass is 16.2. The molecule has 1 saturated heterocycles. The third-order valence-electron chi connectivity index (χ3n) is 4.12. The number of anilines is 1. The first-order valence-electron chi connectivity index (χ1n) is 7.17. The Bertz CT molecular complexity index is 680. The number of rotatable bonds is 2. The van der Waals surface area contributed by atoms with Gasteiger partial charge in [-0.05, 0) is 12.8 Å². The first-order valence-corrected chi connectivity index (χ1v) is 7.17. The zero-order valence-electron chi connectivity index (χ0n) is 12.3. The second-order valence-corrected chi connectivity index (χ2v) is 5.68. The smallest absolute Gasteiger partial charge is 0.346 e. The van der Waals surface area contributed by atoms with Crippen molar-refractivity contribution in [2.75, 3.05) is 31.1 Å². The summed E-state index contributed by atoms with van der Waals surface area (Å²) in [7, 11) is 2.97. The summed E-state index contributed by atoms with van der Waals surface area (Å²) in [4.78, 5) is 39.5. The first-order chi connectivity index (χ1) is 9.99. The maximum atomic E-state index is 12.1. The summed E-state index contributed by atoms with van der Waals surface area (Å²) in [6.07, 6.45) is 2.00. The van der Waals surface area contributed by atoms with E-state index in [4.69, 9.17) is 0 Å². The fourth-order valence-electron chi connectivity index (χ4n) is 2.61. The van der Waals surface area contributed by atoms with Gasteiger partial charge >= 0.3 is 5.69 Å². The van der Waals surface area contributed by atoms with Crippen molar-refractivity contribution in [1.29, 1.82) is 0 Å². The van der Waals surface area contributed by atoms with Gasteiger partial charge in [-0.25, -0.2) is 9.48 Å². The highest BCUT2D eigenvalue weighted by Crippen LogP contribution is 2.31. The number of piperazine rings is 1. The third kappa shape index (κ3) is 2.45. The lowest BCUT2D eigenvalue weighted by Gasteiger charge is -2.35. The van der Waals surface area contributed by atoms with Gasteiger partial charge in [0.1, 0.15) is 0 Å². The molecular weight excluding hydrogens is 274 g/mol. The molecule has 3 rings (SSSR count). The van der Waals surface area contributed by atoms with Crippen LogP contribution >= 0.6 is 0 Å². The molecule has 1 amide bonds. The number of amides is 1. The van der Waals surface area contributed by atoms with E-state index in [9.17, 15) is 14.4 Å². The Kier molecular flexibility index (Phi) is 3.30. The number of hydrogen-bond acceptors (Lipinski definition) is 5. The Morgan fingerprint density at radius 3 is 2.29 bits per heavy atom. The van der Waals surface area contributed by atoms with Crippen LogP contribution in [0.15, 0.2) is 9.59 Å². The molecule has 2 heterocycles. The van der Waals surface area contributed by atoms with E-state index in [0.717, 1.165) is 17.4 Å². The Morgan fingerprint density at radius 1 is 1.10 bits per heavy atom. The highest BCUT2D eigenvalue weighted by Gasteiger charge is 2.35. The summed E-state index contributed by atoms with van der Waals surface area (Å²) in [5, 5.41) is 4.07. The van der Waals surface area contributed by atoms with Crippen LogP contribution in [0.5, 0.6) is 0 Å². The van der Waals surface area contributed by atoms with Crippen LogP contribution in [0.4, 0.5) is 5.82 Å². The van der Waals surface area contributed by atoms with Crippen LogP contribution in [0.25, 0.3) is 0 Å². The highest BCUT2D eigenvalue weighted by molar-refractivity contribution is 5.81. The van der Waals surface area contributed by atoms with Crippen molar-refractivity contribution in [2.24, 2.45) is 20.0 Å². The van der Waals surface area contributed by atoms with Crippen LogP contribution in [-0.2, 0) is 18.9 Å². The number of aryl methyl sites for hydroxylation is 1. The molecule has 21 heavy (non-hydrogen) atoms. The normalized spacial score (nSPS) is 19.0. The molecule has 8 nitrogen and oxygen atoms in total. The van der Waals surface area contributed by atoms with Gasteiger partial charge < -0.3 is 9.80 Å². The molecule has 8 heteroatoms. The molecule has 0 atom stereocenters. The molecule has 114 valence electrons. The number of hydrogen-bond donors (Lipinski definition) is 0. The lowest BCUT2D eigenvalue weighted by molar-refractivity contribution is -0.132. The fourth-order valence-corrected chi connectivity index (χ4v) is 2.61. The first kappa shape index (κ1) is 13.8. The molecule has 1 aliphatic carbocycles. The van der Waals surface area contributed by atoms with Crippen LogP contribution in [0.1, 0.15) is 12.8 Å². The summed E-state index contributed by atoms with van der Waals surface area (Å²) < 4.78 is 2.22. The van der Waals surface area contributed by atoms with E-state index in [-0.39, 0.29) is 23.2 Å². The molecule has 0 radical (unpaired) electrons. The van der Waals surface area contributed by atoms with Crippen LogP contribution in [0.3, 0.4) is 0 Å². The van der Waals surface area contributed by atoms with Gasteiger partial charge in [-0.3, -0.25) is 14.2 Å². The molecular formula is C13H19N5O3. The van der Waals surface area contributed by atoms with Gasteiger partial charge in [-0.2, -0.15) is 0 Å². The third-order valence-corrected chi connectivity index (χ3v) is 4.12. The van der Waals surface area contributed by atoms with Crippen LogP contribution < -0.4 is 16.1 Å². The number of aromatic nitrogens is 3. The standard InChI is InChI=1S/C13H19N5O3/c1-15-12(20)10(14-16(2)13(15)21)17-5-7-18(8-6-17)11(19)9-3-4-9/h9H,3-8H2,1-2H3. The predicted octanol–water partition coefficient (Wildman–Crippen LogP) is -1.46. The van der Waals surface area contributed by atoms with Crippen molar-refractivity contribution in [1.82, 2.24) is 19.2 Å². The van der Waals surface area contributed by atoms with E-state index in [1.54, 1.807) is 0 Å². The maximum absolute atomic E-state index is 12.1.